The lowest BCUT2D eigenvalue weighted by molar-refractivity contribution is 0.123. The van der Waals surface area contributed by atoms with Gasteiger partial charge in [-0.15, -0.1) is 0 Å². The van der Waals surface area contributed by atoms with Gasteiger partial charge in [-0.3, -0.25) is 9.98 Å². The molecule has 0 aliphatic carbocycles. The molecule has 1 saturated heterocycles. The van der Waals surface area contributed by atoms with E-state index in [9.17, 15) is 0 Å². The van der Waals surface area contributed by atoms with Crippen molar-refractivity contribution in [3.05, 3.63) is 53.9 Å². The standard InChI is InChI=1S/C25H34N4/c1-18(2)17-29-12-9-23(13-19(29)3)28-16-25-24-14-21(22-5-4-10-26-15-22)7-6-20(24)8-11-27-25/h4-7,10,14-15,18-19,23,28H,8-9,11-13,16-17H2,1-3H3. The van der Waals surface area contributed by atoms with E-state index in [0.29, 0.717) is 12.1 Å². The molecular formula is C25H34N4. The van der Waals surface area contributed by atoms with Gasteiger partial charge in [0.1, 0.15) is 0 Å². The SMILES string of the molecule is CC(C)CN1CCC(NCC2=NCCc3ccc(-c4cccnc4)cc32)CC1C. The van der Waals surface area contributed by atoms with Crippen LogP contribution in [0.1, 0.15) is 44.7 Å². The van der Waals surface area contributed by atoms with Crippen molar-refractivity contribution in [3.8, 4) is 11.1 Å². The number of piperidine rings is 1. The van der Waals surface area contributed by atoms with E-state index in [-0.39, 0.29) is 0 Å². The number of fused-ring (bicyclic) bond motifs is 1. The molecule has 2 unspecified atom stereocenters. The molecule has 154 valence electrons. The van der Waals surface area contributed by atoms with Crippen molar-refractivity contribution < 1.29 is 0 Å². The van der Waals surface area contributed by atoms with Crippen LogP contribution in [0.15, 0.2) is 47.7 Å². The first-order valence-electron chi connectivity index (χ1n) is 11.1. The maximum atomic E-state index is 4.89. The smallest absolute Gasteiger partial charge is 0.0561 e. The lowest BCUT2D eigenvalue weighted by atomic mass is 9.92. The van der Waals surface area contributed by atoms with Gasteiger partial charge in [-0.05, 0) is 61.9 Å². The van der Waals surface area contributed by atoms with E-state index >= 15 is 0 Å². The third-order valence-electron chi connectivity index (χ3n) is 6.27. The summed E-state index contributed by atoms with van der Waals surface area (Å²) in [6, 6.07) is 12.2. The summed E-state index contributed by atoms with van der Waals surface area (Å²) < 4.78 is 0. The highest BCUT2D eigenvalue weighted by Gasteiger charge is 2.26. The molecule has 3 heterocycles. The molecule has 1 aromatic heterocycles. The number of pyridine rings is 1. The first-order chi connectivity index (χ1) is 14.1. The maximum Gasteiger partial charge on any atom is 0.0561 e. The minimum absolute atomic E-state index is 0.586. The normalized spacial score (nSPS) is 22.4. The molecule has 1 N–H and O–H groups in total. The second-order valence-electron chi connectivity index (χ2n) is 9.03. The van der Waals surface area contributed by atoms with Crippen LogP contribution < -0.4 is 5.32 Å². The van der Waals surface area contributed by atoms with Gasteiger partial charge in [-0.1, -0.05) is 32.0 Å². The lowest BCUT2D eigenvalue weighted by Gasteiger charge is -2.39. The van der Waals surface area contributed by atoms with Gasteiger partial charge in [0.15, 0.2) is 0 Å². The molecular weight excluding hydrogens is 356 g/mol. The van der Waals surface area contributed by atoms with Gasteiger partial charge >= 0.3 is 0 Å². The highest BCUT2D eigenvalue weighted by molar-refractivity contribution is 6.04. The highest BCUT2D eigenvalue weighted by Crippen LogP contribution is 2.25. The molecule has 1 aromatic carbocycles. The monoisotopic (exact) mass is 390 g/mol. The minimum Gasteiger partial charge on any atom is -0.308 e. The quantitative estimate of drug-likeness (QED) is 0.804. The van der Waals surface area contributed by atoms with Crippen molar-refractivity contribution in [2.75, 3.05) is 26.2 Å². The van der Waals surface area contributed by atoms with Crippen LogP contribution in [0.3, 0.4) is 0 Å². The molecule has 2 aliphatic rings. The van der Waals surface area contributed by atoms with Crippen molar-refractivity contribution in [3.63, 3.8) is 0 Å². The summed E-state index contributed by atoms with van der Waals surface area (Å²) in [7, 11) is 0. The Labute approximate surface area is 175 Å². The largest absolute Gasteiger partial charge is 0.308 e. The van der Waals surface area contributed by atoms with E-state index < -0.39 is 0 Å². The summed E-state index contributed by atoms with van der Waals surface area (Å²) in [5.74, 6) is 0.740. The zero-order valence-corrected chi connectivity index (χ0v) is 18.1. The zero-order chi connectivity index (χ0) is 20.2. The van der Waals surface area contributed by atoms with E-state index in [1.165, 1.54) is 53.9 Å². The lowest BCUT2D eigenvalue weighted by Crippen LogP contribution is -2.49. The maximum absolute atomic E-state index is 4.89. The van der Waals surface area contributed by atoms with Crippen molar-refractivity contribution in [1.82, 2.24) is 15.2 Å². The van der Waals surface area contributed by atoms with Crippen LogP contribution in [0.2, 0.25) is 0 Å². The molecule has 0 radical (unpaired) electrons. The number of likely N-dealkylation sites (tertiary alicyclic amines) is 1. The number of rotatable bonds is 6. The Kier molecular flexibility index (Phi) is 6.41. The molecule has 2 aliphatic heterocycles. The summed E-state index contributed by atoms with van der Waals surface area (Å²) in [6.45, 7) is 11.2. The topological polar surface area (TPSA) is 40.5 Å². The van der Waals surface area contributed by atoms with E-state index in [1.54, 1.807) is 0 Å². The van der Waals surface area contributed by atoms with Crippen molar-refractivity contribution in [2.45, 2.75) is 52.1 Å². The molecule has 0 spiro atoms. The first kappa shape index (κ1) is 20.2. The van der Waals surface area contributed by atoms with Crippen LogP contribution in [0, 0.1) is 5.92 Å². The van der Waals surface area contributed by atoms with Gasteiger partial charge in [-0.2, -0.15) is 0 Å². The second kappa shape index (κ2) is 9.19. The number of benzene rings is 1. The van der Waals surface area contributed by atoms with Gasteiger partial charge in [0.2, 0.25) is 0 Å². The van der Waals surface area contributed by atoms with Gasteiger partial charge in [0.25, 0.3) is 0 Å². The first-order valence-corrected chi connectivity index (χ1v) is 11.1. The Morgan fingerprint density at radius 1 is 1.21 bits per heavy atom. The van der Waals surface area contributed by atoms with Gasteiger partial charge < -0.3 is 10.2 Å². The fraction of sp³-hybridized carbons (Fsp3) is 0.520. The van der Waals surface area contributed by atoms with Crippen LogP contribution in [0.5, 0.6) is 0 Å². The number of hydrogen-bond donors (Lipinski definition) is 1. The van der Waals surface area contributed by atoms with E-state index in [1.807, 2.05) is 18.5 Å². The predicted molar refractivity (Wildman–Crippen MR) is 122 cm³/mol. The summed E-state index contributed by atoms with van der Waals surface area (Å²) in [5.41, 5.74) is 6.34. The predicted octanol–water partition coefficient (Wildman–Crippen LogP) is 4.19. The van der Waals surface area contributed by atoms with E-state index in [0.717, 1.165) is 25.4 Å². The summed E-state index contributed by atoms with van der Waals surface area (Å²) >= 11 is 0. The highest BCUT2D eigenvalue weighted by atomic mass is 15.2. The number of hydrogen-bond acceptors (Lipinski definition) is 4. The van der Waals surface area contributed by atoms with Crippen LogP contribution in [0.25, 0.3) is 11.1 Å². The second-order valence-corrected chi connectivity index (χ2v) is 9.03. The molecule has 4 rings (SSSR count). The van der Waals surface area contributed by atoms with Crippen LogP contribution in [0.4, 0.5) is 0 Å². The molecule has 4 nitrogen and oxygen atoms in total. The summed E-state index contributed by atoms with van der Waals surface area (Å²) in [5, 5.41) is 3.83. The van der Waals surface area contributed by atoms with Crippen molar-refractivity contribution >= 4 is 5.71 Å². The average Bonchev–Trinajstić information content (AvgIpc) is 2.74. The van der Waals surface area contributed by atoms with Crippen LogP contribution in [-0.4, -0.2) is 53.9 Å². The van der Waals surface area contributed by atoms with Gasteiger partial charge in [0, 0.05) is 55.2 Å². The number of aromatic nitrogens is 1. The van der Waals surface area contributed by atoms with Gasteiger partial charge in [-0.25, -0.2) is 0 Å². The third kappa shape index (κ3) is 4.93. The third-order valence-corrected chi connectivity index (χ3v) is 6.27. The van der Waals surface area contributed by atoms with Crippen molar-refractivity contribution in [2.24, 2.45) is 10.9 Å². The molecule has 4 heteroatoms. The Bertz CT molecular complexity index is 843. The Balaban J connectivity index is 1.41. The number of aliphatic imine (C=N–C) groups is 1. The number of nitrogens with zero attached hydrogens (tertiary/aromatic N) is 3. The Morgan fingerprint density at radius 2 is 2.10 bits per heavy atom. The Hall–Kier alpha value is -2.04. The average molecular weight is 391 g/mol. The zero-order valence-electron chi connectivity index (χ0n) is 18.1. The molecule has 0 amide bonds. The van der Waals surface area contributed by atoms with Gasteiger partial charge in [0.05, 0.1) is 5.71 Å². The molecule has 2 aromatic rings. The van der Waals surface area contributed by atoms with Crippen LogP contribution in [-0.2, 0) is 6.42 Å². The fourth-order valence-electron chi connectivity index (χ4n) is 4.71. The van der Waals surface area contributed by atoms with E-state index in [2.05, 4.69) is 60.2 Å². The minimum atomic E-state index is 0.586. The summed E-state index contributed by atoms with van der Waals surface area (Å²) in [4.78, 5) is 11.8. The van der Waals surface area contributed by atoms with E-state index in [4.69, 9.17) is 4.99 Å². The molecule has 0 bridgehead atoms. The molecule has 0 saturated carbocycles. The Morgan fingerprint density at radius 3 is 2.86 bits per heavy atom. The molecule has 2 atom stereocenters. The fourth-order valence-corrected chi connectivity index (χ4v) is 4.71. The summed E-state index contributed by atoms with van der Waals surface area (Å²) in [6.07, 6.45) is 7.25. The van der Waals surface area contributed by atoms with Crippen molar-refractivity contribution in [1.29, 1.82) is 0 Å². The number of nitrogens with one attached hydrogen (secondary N) is 1. The molecule has 29 heavy (non-hydrogen) atoms. The molecule has 1 fully saturated rings. The van der Waals surface area contributed by atoms with Crippen LogP contribution >= 0.6 is 0 Å².